The number of halogens is 3. The van der Waals surface area contributed by atoms with Crippen LogP contribution < -0.4 is 10.9 Å². The average Bonchev–Trinajstić information content (AvgIpc) is 2.64. The van der Waals surface area contributed by atoms with Gasteiger partial charge in [-0.25, -0.2) is 8.78 Å². The van der Waals surface area contributed by atoms with Gasteiger partial charge >= 0.3 is 0 Å². The van der Waals surface area contributed by atoms with Crippen LogP contribution in [0.3, 0.4) is 0 Å². The second kappa shape index (κ2) is 7.72. The zero-order valence-corrected chi connectivity index (χ0v) is 15.1. The molecule has 0 saturated heterocycles. The van der Waals surface area contributed by atoms with Crippen molar-refractivity contribution in [3.8, 4) is 0 Å². The molecule has 3 rings (SSSR count). The predicted octanol–water partition coefficient (Wildman–Crippen LogP) is 4.39. The van der Waals surface area contributed by atoms with Crippen molar-refractivity contribution in [2.45, 2.75) is 13.5 Å². The smallest absolute Gasteiger partial charge is 0.257 e. The summed E-state index contributed by atoms with van der Waals surface area (Å²) in [4.78, 5) is 24.6. The third-order valence-corrected chi connectivity index (χ3v) is 4.51. The summed E-state index contributed by atoms with van der Waals surface area (Å²) in [6.07, 6.45) is 1.37. The largest absolute Gasteiger partial charge is 0.322 e. The minimum absolute atomic E-state index is 0.00729. The van der Waals surface area contributed by atoms with Gasteiger partial charge in [-0.15, -0.1) is 0 Å². The molecule has 27 heavy (non-hydrogen) atoms. The number of anilines is 1. The van der Waals surface area contributed by atoms with Crippen LogP contribution in [0.2, 0.25) is 5.02 Å². The Morgan fingerprint density at radius 2 is 1.89 bits per heavy atom. The monoisotopic (exact) mass is 388 g/mol. The molecule has 0 radical (unpaired) electrons. The number of rotatable bonds is 4. The van der Waals surface area contributed by atoms with E-state index in [9.17, 15) is 18.4 Å². The van der Waals surface area contributed by atoms with E-state index in [1.165, 1.54) is 29.0 Å². The summed E-state index contributed by atoms with van der Waals surface area (Å²) in [6.45, 7) is 1.79. The molecule has 3 aromatic rings. The lowest BCUT2D eigenvalue weighted by molar-refractivity contribution is 0.102. The van der Waals surface area contributed by atoms with Crippen LogP contribution >= 0.6 is 11.6 Å². The molecule has 0 spiro atoms. The first-order valence-electron chi connectivity index (χ1n) is 8.06. The molecule has 0 atom stereocenters. The molecule has 0 aliphatic heterocycles. The van der Waals surface area contributed by atoms with Crippen LogP contribution in [0, 0.1) is 18.6 Å². The van der Waals surface area contributed by atoms with Crippen molar-refractivity contribution < 1.29 is 13.6 Å². The zero-order chi connectivity index (χ0) is 19.6. The first kappa shape index (κ1) is 18.8. The highest BCUT2D eigenvalue weighted by molar-refractivity contribution is 6.31. The number of carbonyl (C=O) groups is 1. The van der Waals surface area contributed by atoms with Crippen LogP contribution in [0.1, 0.15) is 21.5 Å². The van der Waals surface area contributed by atoms with E-state index in [1.807, 2.05) is 0 Å². The van der Waals surface area contributed by atoms with Crippen molar-refractivity contribution in [1.29, 1.82) is 0 Å². The summed E-state index contributed by atoms with van der Waals surface area (Å²) < 4.78 is 27.7. The second-order valence-electron chi connectivity index (χ2n) is 6.00. The first-order valence-corrected chi connectivity index (χ1v) is 8.44. The van der Waals surface area contributed by atoms with Gasteiger partial charge in [0.2, 0.25) is 0 Å². The summed E-state index contributed by atoms with van der Waals surface area (Å²) in [5.41, 5.74) is 1.57. The fraction of sp³-hybridized carbons (Fsp3) is 0.100. The second-order valence-corrected chi connectivity index (χ2v) is 6.41. The Bertz CT molecular complexity index is 1080. The summed E-state index contributed by atoms with van der Waals surface area (Å²) in [5, 5.41) is 3.27. The van der Waals surface area contributed by atoms with Crippen LogP contribution in [0.4, 0.5) is 14.5 Å². The average molecular weight is 389 g/mol. The van der Waals surface area contributed by atoms with Gasteiger partial charge in [0.05, 0.1) is 12.1 Å². The van der Waals surface area contributed by atoms with Crippen molar-refractivity contribution in [3.05, 3.63) is 98.4 Å². The van der Waals surface area contributed by atoms with Gasteiger partial charge in [-0.2, -0.15) is 0 Å². The van der Waals surface area contributed by atoms with E-state index in [-0.39, 0.29) is 17.7 Å². The molecule has 0 bridgehead atoms. The Balaban J connectivity index is 1.86. The highest BCUT2D eigenvalue weighted by atomic mass is 35.5. The fourth-order valence-corrected chi connectivity index (χ4v) is 2.74. The van der Waals surface area contributed by atoms with E-state index >= 15 is 0 Å². The number of carbonyl (C=O) groups excluding carboxylic acids is 1. The Morgan fingerprint density at radius 1 is 1.11 bits per heavy atom. The molecule has 2 aromatic carbocycles. The Labute approximate surface area is 159 Å². The molecule has 1 amide bonds. The van der Waals surface area contributed by atoms with E-state index in [0.717, 1.165) is 17.7 Å². The van der Waals surface area contributed by atoms with Gasteiger partial charge in [0.1, 0.15) is 0 Å². The molecule has 1 N–H and O–H groups in total. The normalized spacial score (nSPS) is 10.7. The van der Waals surface area contributed by atoms with E-state index in [4.69, 9.17) is 11.6 Å². The summed E-state index contributed by atoms with van der Waals surface area (Å²) in [5.74, 6) is -2.37. The van der Waals surface area contributed by atoms with Crippen LogP contribution in [0.15, 0.2) is 59.5 Å². The minimum atomic E-state index is -0.995. The van der Waals surface area contributed by atoms with Gasteiger partial charge in [-0.1, -0.05) is 23.7 Å². The highest BCUT2D eigenvalue weighted by Gasteiger charge is 2.11. The molecule has 0 aliphatic rings. The number of amides is 1. The Morgan fingerprint density at radius 3 is 2.63 bits per heavy atom. The third kappa shape index (κ3) is 4.23. The summed E-state index contributed by atoms with van der Waals surface area (Å²) in [6, 6.07) is 11.2. The number of pyridine rings is 1. The minimum Gasteiger partial charge on any atom is -0.322 e. The predicted molar refractivity (Wildman–Crippen MR) is 100 cm³/mol. The number of nitrogens with zero attached hydrogens (tertiary/aromatic N) is 1. The van der Waals surface area contributed by atoms with Gasteiger partial charge < -0.3 is 9.88 Å². The lowest BCUT2D eigenvalue weighted by Gasteiger charge is -2.11. The van der Waals surface area contributed by atoms with Crippen LogP contribution in [-0.2, 0) is 6.54 Å². The van der Waals surface area contributed by atoms with Crippen molar-refractivity contribution in [2.75, 3.05) is 5.32 Å². The Hall–Kier alpha value is -2.99. The summed E-state index contributed by atoms with van der Waals surface area (Å²) >= 11 is 6.05. The molecule has 1 heterocycles. The van der Waals surface area contributed by atoms with Gasteiger partial charge in [0.15, 0.2) is 11.6 Å². The highest BCUT2D eigenvalue weighted by Crippen LogP contribution is 2.23. The number of nitrogens with one attached hydrogen (secondary N) is 1. The lowest BCUT2D eigenvalue weighted by atomic mass is 10.1. The molecule has 0 unspecified atom stereocenters. The maximum atomic E-state index is 13.4. The Kier molecular flexibility index (Phi) is 5.37. The number of aromatic nitrogens is 1. The zero-order valence-electron chi connectivity index (χ0n) is 14.3. The summed E-state index contributed by atoms with van der Waals surface area (Å²) in [7, 11) is 0. The van der Waals surface area contributed by atoms with Crippen molar-refractivity contribution in [3.63, 3.8) is 0 Å². The number of benzene rings is 2. The van der Waals surface area contributed by atoms with Crippen LogP contribution in [0.25, 0.3) is 0 Å². The van der Waals surface area contributed by atoms with Gasteiger partial charge in [-0.05, 0) is 48.4 Å². The van der Waals surface area contributed by atoms with Gasteiger partial charge in [0, 0.05) is 23.0 Å². The molecule has 1 aromatic heterocycles. The van der Waals surface area contributed by atoms with Crippen molar-refractivity contribution in [1.82, 2.24) is 4.57 Å². The molecular weight excluding hydrogens is 374 g/mol. The van der Waals surface area contributed by atoms with Gasteiger partial charge in [0.25, 0.3) is 11.5 Å². The molecule has 0 fully saturated rings. The molecule has 7 heteroatoms. The van der Waals surface area contributed by atoms with E-state index in [0.29, 0.717) is 16.3 Å². The molecule has 0 aliphatic carbocycles. The molecule has 0 saturated carbocycles. The fourth-order valence-electron chi connectivity index (χ4n) is 2.56. The SMILES string of the molecule is Cc1c(Cl)cccc1NC(=O)c1ccc(=O)n(Cc2ccc(F)c(F)c2)c1. The number of hydrogen-bond donors (Lipinski definition) is 1. The quantitative estimate of drug-likeness (QED) is 0.720. The van der Waals surface area contributed by atoms with E-state index in [1.54, 1.807) is 25.1 Å². The van der Waals surface area contributed by atoms with Crippen LogP contribution in [0.5, 0.6) is 0 Å². The van der Waals surface area contributed by atoms with E-state index < -0.39 is 17.5 Å². The first-order chi connectivity index (χ1) is 12.8. The standard InChI is InChI=1S/C20H15ClF2N2O2/c1-12-15(21)3-2-4-18(12)24-20(27)14-6-8-19(26)25(11-14)10-13-5-7-16(22)17(23)9-13/h2-9,11H,10H2,1H3,(H,24,27). The molecular formula is C20H15ClF2N2O2. The maximum Gasteiger partial charge on any atom is 0.257 e. The van der Waals surface area contributed by atoms with Crippen LogP contribution in [-0.4, -0.2) is 10.5 Å². The van der Waals surface area contributed by atoms with E-state index in [2.05, 4.69) is 5.32 Å². The van der Waals surface area contributed by atoms with Crippen molar-refractivity contribution in [2.24, 2.45) is 0 Å². The third-order valence-electron chi connectivity index (χ3n) is 4.10. The number of hydrogen-bond acceptors (Lipinski definition) is 2. The molecule has 138 valence electrons. The lowest BCUT2D eigenvalue weighted by Crippen LogP contribution is -2.22. The molecule has 4 nitrogen and oxygen atoms in total. The van der Waals surface area contributed by atoms with Gasteiger partial charge in [-0.3, -0.25) is 9.59 Å². The topological polar surface area (TPSA) is 51.1 Å². The maximum absolute atomic E-state index is 13.4. The van der Waals surface area contributed by atoms with Crippen molar-refractivity contribution >= 4 is 23.2 Å².